The largest absolute Gasteiger partial charge is 0.372 e. The van der Waals surface area contributed by atoms with Crippen molar-refractivity contribution >= 4 is 33.2 Å². The minimum atomic E-state index is 1.02. The van der Waals surface area contributed by atoms with E-state index in [1.54, 1.807) is 0 Å². The highest BCUT2D eigenvalue weighted by molar-refractivity contribution is 5.95. The van der Waals surface area contributed by atoms with Crippen molar-refractivity contribution < 1.29 is 0 Å². The van der Waals surface area contributed by atoms with Crippen molar-refractivity contribution in [3.05, 3.63) is 42.5 Å². The van der Waals surface area contributed by atoms with Crippen LogP contribution in [-0.4, -0.2) is 31.2 Å². The van der Waals surface area contributed by atoms with Gasteiger partial charge in [0.05, 0.1) is 11.0 Å². The summed E-state index contributed by atoms with van der Waals surface area (Å²) in [5.41, 5.74) is 4.64. The van der Waals surface area contributed by atoms with Gasteiger partial charge in [-0.25, -0.2) is 4.98 Å². The second kappa shape index (κ2) is 7.08. The maximum atomic E-state index is 4.95. The van der Waals surface area contributed by atoms with E-state index in [0.29, 0.717) is 0 Å². The molecular formula is C21H27N3. The van der Waals surface area contributed by atoms with Gasteiger partial charge in [-0.15, -0.1) is 0 Å². The molecule has 3 rings (SSSR count). The van der Waals surface area contributed by atoms with Gasteiger partial charge in [-0.2, -0.15) is 0 Å². The Hall–Kier alpha value is -2.29. The number of anilines is 2. The van der Waals surface area contributed by atoms with E-state index >= 15 is 0 Å². The first kappa shape index (κ1) is 16.6. The summed E-state index contributed by atoms with van der Waals surface area (Å²) in [5, 5.41) is 2.41. The highest BCUT2D eigenvalue weighted by Crippen LogP contribution is 2.27. The predicted molar refractivity (Wildman–Crippen MR) is 106 cm³/mol. The molecule has 3 aromatic rings. The van der Waals surface area contributed by atoms with Crippen LogP contribution < -0.4 is 9.80 Å². The van der Waals surface area contributed by atoms with Crippen LogP contribution in [0.3, 0.4) is 0 Å². The first-order valence-electron chi connectivity index (χ1n) is 9.04. The van der Waals surface area contributed by atoms with Gasteiger partial charge in [0.2, 0.25) is 0 Å². The summed E-state index contributed by atoms with van der Waals surface area (Å²) < 4.78 is 0. The molecule has 24 heavy (non-hydrogen) atoms. The molecule has 3 nitrogen and oxygen atoms in total. The lowest BCUT2D eigenvalue weighted by molar-refractivity contribution is 0.866. The Bertz CT molecular complexity index is 766. The van der Waals surface area contributed by atoms with Crippen molar-refractivity contribution in [1.82, 2.24) is 4.98 Å². The van der Waals surface area contributed by atoms with E-state index in [9.17, 15) is 0 Å². The third-order valence-corrected chi connectivity index (χ3v) is 4.84. The number of rotatable bonds is 6. The number of aromatic nitrogens is 1. The van der Waals surface area contributed by atoms with Gasteiger partial charge in [-0.1, -0.05) is 12.1 Å². The Morgan fingerprint density at radius 1 is 0.625 bits per heavy atom. The summed E-state index contributed by atoms with van der Waals surface area (Å²) >= 11 is 0. The fraction of sp³-hybridized carbons (Fsp3) is 0.381. The lowest BCUT2D eigenvalue weighted by atomic mass is 10.1. The molecule has 0 saturated carbocycles. The van der Waals surface area contributed by atoms with E-state index in [4.69, 9.17) is 4.98 Å². The Balaban J connectivity index is 2.11. The van der Waals surface area contributed by atoms with Crippen LogP contribution in [0.15, 0.2) is 42.5 Å². The van der Waals surface area contributed by atoms with Crippen LogP contribution in [-0.2, 0) is 0 Å². The maximum Gasteiger partial charge on any atom is 0.0730 e. The molecule has 0 fully saturated rings. The topological polar surface area (TPSA) is 19.4 Å². The van der Waals surface area contributed by atoms with Crippen LogP contribution >= 0.6 is 0 Å². The molecule has 0 spiro atoms. The van der Waals surface area contributed by atoms with Crippen molar-refractivity contribution in [2.45, 2.75) is 27.7 Å². The van der Waals surface area contributed by atoms with E-state index < -0.39 is 0 Å². The van der Waals surface area contributed by atoms with Crippen molar-refractivity contribution in [3.63, 3.8) is 0 Å². The zero-order valence-corrected chi connectivity index (χ0v) is 15.2. The summed E-state index contributed by atoms with van der Waals surface area (Å²) in [7, 11) is 0. The van der Waals surface area contributed by atoms with Crippen LogP contribution in [0.5, 0.6) is 0 Å². The second-order valence-corrected chi connectivity index (χ2v) is 6.09. The fourth-order valence-corrected chi connectivity index (χ4v) is 3.37. The maximum absolute atomic E-state index is 4.95. The molecule has 3 heteroatoms. The van der Waals surface area contributed by atoms with E-state index in [1.165, 1.54) is 22.1 Å². The zero-order chi connectivity index (χ0) is 17.1. The fourth-order valence-electron chi connectivity index (χ4n) is 3.37. The van der Waals surface area contributed by atoms with Gasteiger partial charge in [0.25, 0.3) is 0 Å². The highest BCUT2D eigenvalue weighted by atomic mass is 15.1. The molecule has 0 unspecified atom stereocenters. The quantitative estimate of drug-likeness (QED) is 0.590. The average molecular weight is 321 g/mol. The number of benzene rings is 2. The van der Waals surface area contributed by atoms with Gasteiger partial charge < -0.3 is 9.80 Å². The average Bonchev–Trinajstić information content (AvgIpc) is 2.62. The van der Waals surface area contributed by atoms with Crippen LogP contribution in [0.1, 0.15) is 27.7 Å². The zero-order valence-electron chi connectivity index (χ0n) is 15.2. The molecule has 0 N–H and O–H groups in total. The molecule has 2 aromatic carbocycles. The van der Waals surface area contributed by atoms with Crippen LogP contribution in [0.2, 0.25) is 0 Å². The van der Waals surface area contributed by atoms with Crippen molar-refractivity contribution in [2.24, 2.45) is 0 Å². The Morgan fingerprint density at radius 3 is 1.42 bits per heavy atom. The molecule has 1 heterocycles. The van der Waals surface area contributed by atoms with Gasteiger partial charge in [0, 0.05) is 48.3 Å². The van der Waals surface area contributed by atoms with Gasteiger partial charge in [-0.05, 0) is 58.0 Å². The van der Waals surface area contributed by atoms with Crippen LogP contribution in [0, 0.1) is 0 Å². The Morgan fingerprint density at radius 2 is 1.04 bits per heavy atom. The summed E-state index contributed by atoms with van der Waals surface area (Å²) in [6.07, 6.45) is 0. The van der Waals surface area contributed by atoms with Crippen molar-refractivity contribution in [2.75, 3.05) is 36.0 Å². The molecular weight excluding hydrogens is 294 g/mol. The number of pyridine rings is 1. The van der Waals surface area contributed by atoms with Crippen molar-refractivity contribution in [1.29, 1.82) is 0 Å². The molecule has 0 aliphatic carbocycles. The van der Waals surface area contributed by atoms with Gasteiger partial charge in [-0.3, -0.25) is 0 Å². The summed E-state index contributed by atoms with van der Waals surface area (Å²) in [5.74, 6) is 0. The molecule has 0 bridgehead atoms. The van der Waals surface area contributed by atoms with Crippen molar-refractivity contribution in [3.8, 4) is 0 Å². The Labute approximate surface area is 144 Å². The minimum absolute atomic E-state index is 1.02. The predicted octanol–water partition coefficient (Wildman–Crippen LogP) is 5.08. The molecule has 126 valence electrons. The second-order valence-electron chi connectivity index (χ2n) is 6.09. The molecule has 0 radical (unpaired) electrons. The van der Waals surface area contributed by atoms with Crippen LogP contribution in [0.4, 0.5) is 11.4 Å². The first-order chi connectivity index (χ1) is 11.7. The molecule has 0 atom stereocenters. The number of hydrogen-bond donors (Lipinski definition) is 0. The number of fused-ring (bicyclic) bond motifs is 2. The summed E-state index contributed by atoms with van der Waals surface area (Å²) in [6, 6.07) is 15.5. The summed E-state index contributed by atoms with van der Waals surface area (Å²) in [6.45, 7) is 12.8. The third kappa shape index (κ3) is 3.03. The van der Waals surface area contributed by atoms with Gasteiger partial charge >= 0.3 is 0 Å². The Kier molecular flexibility index (Phi) is 4.89. The van der Waals surface area contributed by atoms with Gasteiger partial charge in [0.1, 0.15) is 0 Å². The highest BCUT2D eigenvalue weighted by Gasteiger charge is 2.07. The number of hydrogen-bond acceptors (Lipinski definition) is 3. The van der Waals surface area contributed by atoms with E-state index in [-0.39, 0.29) is 0 Å². The monoisotopic (exact) mass is 321 g/mol. The standard InChI is InChI=1S/C21H27N3/c1-5-23(6-2)18-11-9-16-13-17-10-12-19(24(7-3)8-4)15-21(17)22-20(16)14-18/h9-15H,5-8H2,1-4H3. The molecule has 0 aliphatic heterocycles. The van der Waals surface area contributed by atoms with E-state index in [1.807, 2.05) is 0 Å². The third-order valence-electron chi connectivity index (χ3n) is 4.84. The number of nitrogens with zero attached hydrogens (tertiary/aromatic N) is 3. The lowest BCUT2D eigenvalue weighted by Gasteiger charge is -2.22. The van der Waals surface area contributed by atoms with Gasteiger partial charge in [0.15, 0.2) is 0 Å². The molecule has 0 saturated heterocycles. The SMILES string of the molecule is CCN(CC)c1ccc2cc3ccc(N(CC)CC)cc3nc2c1. The van der Waals surface area contributed by atoms with Crippen LogP contribution in [0.25, 0.3) is 21.8 Å². The van der Waals surface area contributed by atoms with E-state index in [0.717, 1.165) is 37.2 Å². The minimum Gasteiger partial charge on any atom is -0.372 e. The molecule has 1 aromatic heterocycles. The lowest BCUT2D eigenvalue weighted by Crippen LogP contribution is -2.21. The van der Waals surface area contributed by atoms with E-state index in [2.05, 4.69) is 80.0 Å². The first-order valence-corrected chi connectivity index (χ1v) is 9.04. The summed E-state index contributed by atoms with van der Waals surface area (Å²) in [4.78, 5) is 9.67. The molecule has 0 amide bonds. The normalized spacial score (nSPS) is 11.2. The smallest absolute Gasteiger partial charge is 0.0730 e. The molecule has 0 aliphatic rings.